The smallest absolute Gasteiger partial charge is 0.335 e. The van der Waals surface area contributed by atoms with Gasteiger partial charge >= 0.3 is 5.97 Å². The van der Waals surface area contributed by atoms with E-state index in [0.29, 0.717) is 6.41 Å². The molecule has 1 unspecified atom stereocenters. The molecule has 1 aliphatic heterocycles. The number of benzene rings is 3. The molecule has 3 aromatic rings. The summed E-state index contributed by atoms with van der Waals surface area (Å²) in [6, 6.07) is 21.7. The number of amides is 1. The number of nitrogens with two attached hydrogens (primary N) is 1. The molecule has 1 fully saturated rings. The summed E-state index contributed by atoms with van der Waals surface area (Å²) in [4.78, 5) is 24.4. The SMILES string of the molecule is CC(NC=O)c1ccc(C(=O)O)cc1.Cc1cc(SN)ccc1-c1cccc(CN2CCCC2)c1. The Bertz CT molecular complexity index is 1130. The van der Waals surface area contributed by atoms with Gasteiger partial charge in [-0.15, -0.1) is 0 Å². The van der Waals surface area contributed by atoms with Crippen molar-refractivity contribution in [3.63, 3.8) is 0 Å². The summed E-state index contributed by atoms with van der Waals surface area (Å²) in [6.45, 7) is 7.54. The van der Waals surface area contributed by atoms with Crippen molar-refractivity contribution in [1.29, 1.82) is 0 Å². The van der Waals surface area contributed by atoms with Gasteiger partial charge in [-0.3, -0.25) is 14.8 Å². The third kappa shape index (κ3) is 7.68. The lowest BCUT2D eigenvalue weighted by Gasteiger charge is -2.15. The molecule has 1 amide bonds. The number of aryl methyl sites for hydroxylation is 1. The molecule has 1 heterocycles. The molecule has 4 rings (SSSR count). The number of carbonyl (C=O) groups excluding carboxylic acids is 1. The van der Waals surface area contributed by atoms with Gasteiger partial charge < -0.3 is 10.4 Å². The van der Waals surface area contributed by atoms with Crippen LogP contribution in [0.5, 0.6) is 0 Å². The van der Waals surface area contributed by atoms with Gasteiger partial charge in [0.05, 0.1) is 11.6 Å². The minimum absolute atomic E-state index is 0.102. The molecule has 3 aromatic carbocycles. The second kappa shape index (κ2) is 13.1. The minimum Gasteiger partial charge on any atom is -0.478 e. The number of aromatic carboxylic acids is 1. The number of carboxylic acids is 1. The van der Waals surface area contributed by atoms with Crippen molar-refractivity contribution < 1.29 is 14.7 Å². The lowest BCUT2D eigenvalue weighted by Crippen LogP contribution is -2.18. The van der Waals surface area contributed by atoms with Crippen LogP contribution in [-0.4, -0.2) is 35.5 Å². The molecule has 1 aliphatic rings. The van der Waals surface area contributed by atoms with Crippen molar-refractivity contribution in [3.8, 4) is 11.1 Å². The predicted molar refractivity (Wildman–Crippen MR) is 142 cm³/mol. The third-order valence-electron chi connectivity index (χ3n) is 6.15. The van der Waals surface area contributed by atoms with E-state index >= 15 is 0 Å². The van der Waals surface area contributed by atoms with Crippen molar-refractivity contribution in [2.75, 3.05) is 13.1 Å². The summed E-state index contributed by atoms with van der Waals surface area (Å²) in [7, 11) is 0. The summed E-state index contributed by atoms with van der Waals surface area (Å²) in [6.07, 6.45) is 3.31. The molecule has 35 heavy (non-hydrogen) atoms. The maximum absolute atomic E-state index is 10.5. The quantitative estimate of drug-likeness (QED) is 0.288. The van der Waals surface area contributed by atoms with Crippen molar-refractivity contribution in [2.24, 2.45) is 5.14 Å². The highest BCUT2D eigenvalue weighted by molar-refractivity contribution is 7.97. The number of carboxylic acid groups (broad SMARTS) is 1. The molecule has 6 nitrogen and oxygen atoms in total. The van der Waals surface area contributed by atoms with Crippen LogP contribution in [0.2, 0.25) is 0 Å². The number of carbonyl (C=O) groups is 2. The minimum atomic E-state index is -0.951. The second-order valence-corrected chi connectivity index (χ2v) is 9.42. The molecule has 0 radical (unpaired) electrons. The first-order chi connectivity index (χ1) is 16.9. The van der Waals surface area contributed by atoms with Crippen LogP contribution in [0.4, 0.5) is 0 Å². The fourth-order valence-corrected chi connectivity index (χ4v) is 4.57. The van der Waals surface area contributed by atoms with E-state index < -0.39 is 5.97 Å². The van der Waals surface area contributed by atoms with Gasteiger partial charge in [0.15, 0.2) is 0 Å². The van der Waals surface area contributed by atoms with E-state index in [1.165, 1.54) is 72.3 Å². The summed E-state index contributed by atoms with van der Waals surface area (Å²) < 4.78 is 0. The molecule has 7 heteroatoms. The van der Waals surface area contributed by atoms with E-state index in [9.17, 15) is 9.59 Å². The van der Waals surface area contributed by atoms with E-state index in [1.807, 2.05) is 6.92 Å². The van der Waals surface area contributed by atoms with Gasteiger partial charge in [-0.2, -0.15) is 0 Å². The second-order valence-electron chi connectivity index (χ2n) is 8.71. The number of rotatable bonds is 8. The maximum atomic E-state index is 10.5. The average molecular weight is 492 g/mol. The van der Waals surface area contributed by atoms with Crippen molar-refractivity contribution in [2.45, 2.75) is 44.2 Å². The van der Waals surface area contributed by atoms with Gasteiger partial charge in [0.2, 0.25) is 6.41 Å². The lowest BCUT2D eigenvalue weighted by atomic mass is 9.99. The standard InChI is InChI=1S/C18H22N2S.C10H11NO3/c1-14-11-17(21-19)7-8-18(14)16-6-4-5-15(12-16)13-20-9-2-3-10-20;1-7(11-6-12)8-2-4-9(5-3-8)10(13)14/h4-8,11-12H,2-3,9-10,13,19H2,1H3;2-7H,1H3,(H,11,12)(H,13,14). The van der Waals surface area contributed by atoms with Crippen LogP contribution in [0.3, 0.4) is 0 Å². The molecule has 1 atom stereocenters. The lowest BCUT2D eigenvalue weighted by molar-refractivity contribution is -0.110. The van der Waals surface area contributed by atoms with Gasteiger partial charge in [-0.05, 0) is 110 Å². The van der Waals surface area contributed by atoms with E-state index in [-0.39, 0.29) is 11.6 Å². The zero-order valence-electron chi connectivity index (χ0n) is 20.2. The van der Waals surface area contributed by atoms with Crippen LogP contribution in [-0.2, 0) is 11.3 Å². The van der Waals surface area contributed by atoms with Crippen molar-refractivity contribution >= 4 is 24.3 Å². The maximum Gasteiger partial charge on any atom is 0.335 e. The Hall–Kier alpha value is -3.13. The summed E-state index contributed by atoms with van der Waals surface area (Å²) in [5.41, 5.74) is 6.41. The van der Waals surface area contributed by atoms with E-state index in [1.54, 1.807) is 12.1 Å². The molecule has 0 aliphatic carbocycles. The van der Waals surface area contributed by atoms with Gasteiger partial charge in [0, 0.05) is 11.4 Å². The zero-order chi connectivity index (χ0) is 25.2. The highest BCUT2D eigenvalue weighted by Gasteiger charge is 2.12. The summed E-state index contributed by atoms with van der Waals surface area (Å²) >= 11 is 1.30. The molecule has 0 aromatic heterocycles. The van der Waals surface area contributed by atoms with E-state index in [2.05, 4.69) is 59.6 Å². The Morgan fingerprint density at radius 1 is 1.11 bits per heavy atom. The van der Waals surface area contributed by atoms with Crippen molar-refractivity contribution in [1.82, 2.24) is 10.2 Å². The van der Waals surface area contributed by atoms with Crippen LogP contribution in [0.1, 0.15) is 52.9 Å². The molecule has 0 bridgehead atoms. The normalized spacial score (nSPS) is 14.0. The Kier molecular flexibility index (Phi) is 9.90. The summed E-state index contributed by atoms with van der Waals surface area (Å²) in [5, 5.41) is 16.9. The van der Waals surface area contributed by atoms with Gasteiger partial charge in [0.1, 0.15) is 0 Å². The molecule has 0 saturated carbocycles. The fraction of sp³-hybridized carbons (Fsp3) is 0.286. The Balaban J connectivity index is 0.000000214. The highest BCUT2D eigenvalue weighted by atomic mass is 32.2. The Labute approximate surface area is 211 Å². The monoisotopic (exact) mass is 491 g/mol. The van der Waals surface area contributed by atoms with E-state index in [4.69, 9.17) is 10.2 Å². The number of likely N-dealkylation sites (tertiary alicyclic amines) is 1. The average Bonchev–Trinajstić information content (AvgIpc) is 3.37. The first kappa shape index (κ1) is 26.5. The molecule has 184 valence electrons. The van der Waals surface area contributed by atoms with Crippen LogP contribution in [0, 0.1) is 6.92 Å². The molecule has 1 saturated heterocycles. The summed E-state index contributed by atoms with van der Waals surface area (Å²) in [5.74, 6) is -0.951. The Morgan fingerprint density at radius 2 is 1.83 bits per heavy atom. The number of hydrogen-bond donors (Lipinski definition) is 3. The predicted octanol–water partition coefficient (Wildman–Crippen LogP) is 5.42. The van der Waals surface area contributed by atoms with Gasteiger partial charge in [-0.1, -0.05) is 36.4 Å². The van der Waals surface area contributed by atoms with Crippen LogP contribution >= 0.6 is 11.9 Å². The van der Waals surface area contributed by atoms with E-state index in [0.717, 1.165) is 17.0 Å². The van der Waals surface area contributed by atoms with Crippen LogP contribution < -0.4 is 10.5 Å². The molecular weight excluding hydrogens is 458 g/mol. The van der Waals surface area contributed by atoms with Crippen LogP contribution in [0.25, 0.3) is 11.1 Å². The molecule has 4 N–H and O–H groups in total. The largest absolute Gasteiger partial charge is 0.478 e. The Morgan fingerprint density at radius 3 is 2.43 bits per heavy atom. The molecular formula is C28H33N3O3S. The van der Waals surface area contributed by atoms with Crippen molar-refractivity contribution in [3.05, 3.63) is 89.0 Å². The first-order valence-electron chi connectivity index (χ1n) is 11.7. The fourth-order valence-electron chi connectivity index (χ4n) is 4.18. The third-order valence-corrected chi connectivity index (χ3v) is 6.68. The van der Waals surface area contributed by atoms with Crippen LogP contribution in [0.15, 0.2) is 71.6 Å². The van der Waals surface area contributed by atoms with Gasteiger partial charge in [-0.25, -0.2) is 4.79 Å². The number of hydrogen-bond acceptors (Lipinski definition) is 5. The van der Waals surface area contributed by atoms with Gasteiger partial charge in [0.25, 0.3) is 0 Å². The highest BCUT2D eigenvalue weighted by Crippen LogP contribution is 2.27. The molecule has 0 spiro atoms. The zero-order valence-corrected chi connectivity index (χ0v) is 21.1. The number of nitrogens with zero attached hydrogens (tertiary/aromatic N) is 1. The topological polar surface area (TPSA) is 95.7 Å². The first-order valence-corrected chi connectivity index (χ1v) is 12.6. The number of nitrogens with one attached hydrogen (secondary N) is 1.